The van der Waals surface area contributed by atoms with E-state index in [4.69, 9.17) is 9.47 Å². The molecular formula is C15H23NO3S. The quantitative estimate of drug-likeness (QED) is 0.619. The Morgan fingerprint density at radius 1 is 1.40 bits per heavy atom. The van der Waals surface area contributed by atoms with Crippen LogP contribution in [0.4, 0.5) is 0 Å². The first-order valence-electron chi connectivity index (χ1n) is 6.54. The number of hydrogen-bond donors (Lipinski definition) is 1. The molecule has 0 bridgehead atoms. The van der Waals surface area contributed by atoms with Crippen LogP contribution in [0.5, 0.6) is 5.75 Å². The van der Waals surface area contributed by atoms with Gasteiger partial charge in [-0.1, -0.05) is 6.07 Å². The SMILES string of the molecule is COC(=O)C(C)(CSc1cccc(OC)c1)NC(C)C. The molecule has 0 spiro atoms. The zero-order valence-electron chi connectivity index (χ0n) is 12.7. The Morgan fingerprint density at radius 3 is 2.65 bits per heavy atom. The van der Waals surface area contributed by atoms with Crippen molar-refractivity contribution in [1.29, 1.82) is 0 Å². The van der Waals surface area contributed by atoms with Crippen LogP contribution < -0.4 is 10.1 Å². The lowest BCUT2D eigenvalue weighted by Crippen LogP contribution is -2.54. The molecule has 1 aromatic rings. The topological polar surface area (TPSA) is 47.6 Å². The molecule has 1 unspecified atom stereocenters. The fourth-order valence-corrected chi connectivity index (χ4v) is 2.97. The van der Waals surface area contributed by atoms with Gasteiger partial charge in [0.25, 0.3) is 0 Å². The first-order valence-corrected chi connectivity index (χ1v) is 7.53. The van der Waals surface area contributed by atoms with E-state index in [0.29, 0.717) is 5.75 Å². The van der Waals surface area contributed by atoms with Gasteiger partial charge in [0.05, 0.1) is 14.2 Å². The Labute approximate surface area is 125 Å². The van der Waals surface area contributed by atoms with Crippen molar-refractivity contribution in [1.82, 2.24) is 5.32 Å². The minimum atomic E-state index is -0.712. The summed E-state index contributed by atoms with van der Waals surface area (Å²) in [5.41, 5.74) is -0.712. The van der Waals surface area contributed by atoms with Gasteiger partial charge in [-0.2, -0.15) is 0 Å². The number of carbonyl (C=O) groups excluding carboxylic acids is 1. The van der Waals surface area contributed by atoms with Crippen LogP contribution >= 0.6 is 11.8 Å². The minimum Gasteiger partial charge on any atom is -0.497 e. The molecule has 0 aromatic heterocycles. The van der Waals surface area contributed by atoms with Crippen LogP contribution in [0, 0.1) is 0 Å². The van der Waals surface area contributed by atoms with Gasteiger partial charge < -0.3 is 9.47 Å². The maximum atomic E-state index is 12.0. The van der Waals surface area contributed by atoms with Gasteiger partial charge in [-0.25, -0.2) is 0 Å². The molecule has 1 rings (SSSR count). The number of methoxy groups -OCH3 is 2. The Hall–Kier alpha value is -1.20. The molecule has 1 N–H and O–H groups in total. The van der Waals surface area contributed by atoms with Crippen molar-refractivity contribution < 1.29 is 14.3 Å². The van der Waals surface area contributed by atoms with Gasteiger partial charge in [0.1, 0.15) is 11.3 Å². The molecule has 1 aromatic carbocycles. The number of ether oxygens (including phenoxy) is 2. The van der Waals surface area contributed by atoms with Crippen molar-refractivity contribution in [2.24, 2.45) is 0 Å². The Kier molecular flexibility index (Phi) is 6.36. The Morgan fingerprint density at radius 2 is 2.10 bits per heavy atom. The van der Waals surface area contributed by atoms with Gasteiger partial charge in [0.2, 0.25) is 0 Å². The number of rotatable bonds is 7. The first kappa shape index (κ1) is 16.9. The highest BCUT2D eigenvalue weighted by atomic mass is 32.2. The smallest absolute Gasteiger partial charge is 0.326 e. The van der Waals surface area contributed by atoms with E-state index >= 15 is 0 Å². The predicted molar refractivity (Wildman–Crippen MR) is 82.4 cm³/mol. The molecule has 0 heterocycles. The standard InChI is InChI=1S/C15H23NO3S/c1-11(2)16-15(3,14(17)19-5)10-20-13-8-6-7-12(9-13)18-4/h6-9,11,16H,10H2,1-5H3. The summed E-state index contributed by atoms with van der Waals surface area (Å²) in [6.45, 7) is 5.89. The second-order valence-electron chi connectivity index (χ2n) is 5.09. The van der Waals surface area contributed by atoms with Crippen molar-refractivity contribution in [2.75, 3.05) is 20.0 Å². The van der Waals surface area contributed by atoms with Crippen LogP contribution in [0.15, 0.2) is 29.2 Å². The molecule has 1 atom stereocenters. The molecule has 4 nitrogen and oxygen atoms in total. The summed E-state index contributed by atoms with van der Waals surface area (Å²) in [5.74, 6) is 1.15. The third-order valence-electron chi connectivity index (χ3n) is 2.81. The average Bonchev–Trinajstić information content (AvgIpc) is 2.43. The summed E-state index contributed by atoms with van der Waals surface area (Å²) in [6.07, 6.45) is 0. The Bertz CT molecular complexity index is 450. The van der Waals surface area contributed by atoms with E-state index in [2.05, 4.69) is 5.32 Å². The fraction of sp³-hybridized carbons (Fsp3) is 0.533. The number of hydrogen-bond acceptors (Lipinski definition) is 5. The predicted octanol–water partition coefficient (Wildman–Crippen LogP) is 2.72. The largest absolute Gasteiger partial charge is 0.497 e. The monoisotopic (exact) mass is 297 g/mol. The van der Waals surface area contributed by atoms with Crippen LogP contribution in [0.1, 0.15) is 20.8 Å². The molecule has 0 amide bonds. The second-order valence-corrected chi connectivity index (χ2v) is 6.14. The minimum absolute atomic E-state index is 0.199. The lowest BCUT2D eigenvalue weighted by atomic mass is 10.0. The highest BCUT2D eigenvalue weighted by Crippen LogP contribution is 2.26. The molecule has 112 valence electrons. The van der Waals surface area contributed by atoms with Gasteiger partial charge in [0, 0.05) is 16.7 Å². The van der Waals surface area contributed by atoms with Gasteiger partial charge in [-0.05, 0) is 39.0 Å². The van der Waals surface area contributed by atoms with Gasteiger partial charge in [-0.3, -0.25) is 10.1 Å². The van der Waals surface area contributed by atoms with Gasteiger partial charge in [-0.15, -0.1) is 11.8 Å². The van der Waals surface area contributed by atoms with Crippen molar-refractivity contribution in [3.63, 3.8) is 0 Å². The molecular weight excluding hydrogens is 274 g/mol. The highest BCUT2D eigenvalue weighted by Gasteiger charge is 2.34. The Balaban J connectivity index is 2.77. The molecule has 0 fully saturated rings. The average molecular weight is 297 g/mol. The lowest BCUT2D eigenvalue weighted by Gasteiger charge is -2.29. The zero-order valence-corrected chi connectivity index (χ0v) is 13.5. The number of nitrogens with one attached hydrogen (secondary N) is 1. The highest BCUT2D eigenvalue weighted by molar-refractivity contribution is 7.99. The van der Waals surface area contributed by atoms with Crippen LogP contribution in [0.2, 0.25) is 0 Å². The van der Waals surface area contributed by atoms with E-state index in [9.17, 15) is 4.79 Å². The number of esters is 1. The number of benzene rings is 1. The maximum Gasteiger partial charge on any atom is 0.326 e. The van der Waals surface area contributed by atoms with E-state index in [0.717, 1.165) is 10.6 Å². The van der Waals surface area contributed by atoms with E-state index in [-0.39, 0.29) is 12.0 Å². The molecule has 0 aliphatic carbocycles. The molecule has 20 heavy (non-hydrogen) atoms. The van der Waals surface area contributed by atoms with E-state index in [1.807, 2.05) is 45.0 Å². The normalized spacial score (nSPS) is 13.9. The number of thioether (sulfide) groups is 1. The molecule has 0 saturated carbocycles. The molecule has 5 heteroatoms. The summed E-state index contributed by atoms with van der Waals surface area (Å²) in [6, 6.07) is 7.99. The van der Waals surface area contributed by atoms with Crippen molar-refractivity contribution in [3.05, 3.63) is 24.3 Å². The third kappa shape index (κ3) is 4.72. The fourth-order valence-electron chi connectivity index (χ4n) is 1.94. The molecule has 0 aliphatic rings. The lowest BCUT2D eigenvalue weighted by molar-refractivity contribution is -0.147. The third-order valence-corrected chi connectivity index (χ3v) is 4.12. The van der Waals surface area contributed by atoms with Crippen molar-refractivity contribution >= 4 is 17.7 Å². The number of carbonyl (C=O) groups is 1. The maximum absolute atomic E-state index is 12.0. The van der Waals surface area contributed by atoms with Crippen molar-refractivity contribution in [2.45, 2.75) is 37.2 Å². The van der Waals surface area contributed by atoms with Crippen LogP contribution in [0.25, 0.3) is 0 Å². The van der Waals surface area contributed by atoms with Crippen LogP contribution in [-0.2, 0) is 9.53 Å². The first-order chi connectivity index (χ1) is 9.41. The summed E-state index contributed by atoms with van der Waals surface area (Å²) in [5, 5.41) is 3.28. The molecule has 0 radical (unpaired) electrons. The van der Waals surface area contributed by atoms with Crippen LogP contribution in [-0.4, -0.2) is 37.5 Å². The summed E-state index contributed by atoms with van der Waals surface area (Å²) >= 11 is 1.60. The van der Waals surface area contributed by atoms with Gasteiger partial charge in [0.15, 0.2) is 0 Å². The summed E-state index contributed by atoms with van der Waals surface area (Å²) < 4.78 is 10.1. The zero-order chi connectivity index (χ0) is 15.2. The molecule has 0 aliphatic heterocycles. The summed E-state index contributed by atoms with van der Waals surface area (Å²) in [4.78, 5) is 13.1. The van der Waals surface area contributed by atoms with E-state index < -0.39 is 5.54 Å². The van der Waals surface area contributed by atoms with E-state index in [1.165, 1.54) is 7.11 Å². The van der Waals surface area contributed by atoms with Crippen molar-refractivity contribution in [3.8, 4) is 5.75 Å². The van der Waals surface area contributed by atoms with E-state index in [1.54, 1.807) is 18.9 Å². The van der Waals surface area contributed by atoms with Gasteiger partial charge >= 0.3 is 5.97 Å². The second kappa shape index (κ2) is 7.55. The van der Waals surface area contributed by atoms with Crippen LogP contribution in [0.3, 0.4) is 0 Å². The summed E-state index contributed by atoms with van der Waals surface area (Å²) in [7, 11) is 3.06. The molecule has 0 saturated heterocycles.